The fourth-order valence-electron chi connectivity index (χ4n) is 5.98. The molecule has 0 N–H and O–H groups in total. The Balaban J connectivity index is 1.18. The minimum atomic E-state index is -1.12. The topological polar surface area (TPSA) is 103 Å². The predicted octanol–water partition coefficient (Wildman–Crippen LogP) is 7.37. The van der Waals surface area contributed by atoms with Crippen molar-refractivity contribution in [1.29, 1.82) is 0 Å². The second-order valence-corrected chi connectivity index (χ2v) is 12.9. The zero-order valence-electron chi connectivity index (χ0n) is 29.7. The minimum Gasteiger partial charge on any atom is -0.485 e. The molecular formula is C42H42N4O6. The lowest BCUT2D eigenvalue weighted by Crippen LogP contribution is -2.41. The van der Waals surface area contributed by atoms with Gasteiger partial charge in [-0.1, -0.05) is 84.9 Å². The summed E-state index contributed by atoms with van der Waals surface area (Å²) in [7, 11) is 7.08. The van der Waals surface area contributed by atoms with Gasteiger partial charge in [0.25, 0.3) is 0 Å². The molecule has 6 aromatic rings. The van der Waals surface area contributed by atoms with E-state index < -0.39 is 36.6 Å². The molecule has 266 valence electrons. The molecule has 0 saturated carbocycles. The Morgan fingerprint density at radius 2 is 0.942 bits per heavy atom. The number of aromatic nitrogens is 2. The molecule has 2 heterocycles. The van der Waals surface area contributed by atoms with E-state index in [0.717, 1.165) is 32.7 Å². The fourth-order valence-corrected chi connectivity index (χ4v) is 5.98. The van der Waals surface area contributed by atoms with E-state index in [1.165, 1.54) is 0 Å². The Morgan fingerprint density at radius 1 is 0.538 bits per heavy atom. The molecule has 0 aliphatic carbocycles. The molecule has 0 aliphatic rings. The normalized spacial score (nSPS) is 13.7. The quantitative estimate of drug-likeness (QED) is 0.0651. The number of pyridine rings is 2. The number of hydrogen-bond acceptors (Lipinski definition) is 10. The van der Waals surface area contributed by atoms with Crippen LogP contribution >= 0.6 is 0 Å². The summed E-state index contributed by atoms with van der Waals surface area (Å²) in [5.41, 5.74) is 1.59. The standard InChI is InChI=1S/C42H42N4O6/c1-45(2)39(25-37(31-17-11-23-43-27-31)49-35-21-9-15-29-13-5-7-19-33(29)35)51-41(47)42(48)52-40(46(3)4)26-38(32-18-12-24-44-28-32)50-36-22-10-16-30-14-6-8-20-34(30)36/h5-24,27-28,37-40H,25-26H2,1-4H3. The van der Waals surface area contributed by atoms with Crippen LogP contribution in [-0.4, -0.2) is 72.4 Å². The van der Waals surface area contributed by atoms with E-state index in [1.807, 2.05) is 109 Å². The maximum absolute atomic E-state index is 13.4. The summed E-state index contributed by atoms with van der Waals surface area (Å²) >= 11 is 0. The highest BCUT2D eigenvalue weighted by Gasteiger charge is 2.32. The molecule has 6 rings (SSSR count). The summed E-state index contributed by atoms with van der Waals surface area (Å²) < 4.78 is 24.8. The number of carbonyl (C=O) groups excluding carboxylic acids is 2. The minimum absolute atomic E-state index is 0.208. The van der Waals surface area contributed by atoms with Crippen LogP contribution < -0.4 is 9.47 Å². The predicted molar refractivity (Wildman–Crippen MR) is 199 cm³/mol. The van der Waals surface area contributed by atoms with Crippen LogP contribution in [0.1, 0.15) is 36.2 Å². The van der Waals surface area contributed by atoms with Crippen LogP contribution in [0.4, 0.5) is 0 Å². The molecule has 0 aliphatic heterocycles. The van der Waals surface area contributed by atoms with Crippen LogP contribution in [0.3, 0.4) is 0 Å². The van der Waals surface area contributed by atoms with Crippen LogP contribution in [-0.2, 0) is 19.1 Å². The average Bonchev–Trinajstić information content (AvgIpc) is 3.17. The summed E-state index contributed by atoms with van der Waals surface area (Å²) in [5, 5.41) is 3.97. The van der Waals surface area contributed by atoms with Crippen molar-refractivity contribution in [1.82, 2.24) is 19.8 Å². The Morgan fingerprint density at radius 3 is 1.33 bits per heavy atom. The third-order valence-corrected chi connectivity index (χ3v) is 8.79. The maximum atomic E-state index is 13.4. The first kappa shape index (κ1) is 36.0. The van der Waals surface area contributed by atoms with Gasteiger partial charge in [-0.25, -0.2) is 9.59 Å². The molecule has 0 fully saturated rings. The van der Waals surface area contributed by atoms with Gasteiger partial charge in [0.15, 0.2) is 12.5 Å². The van der Waals surface area contributed by atoms with E-state index in [9.17, 15) is 9.59 Å². The van der Waals surface area contributed by atoms with Crippen molar-refractivity contribution in [2.24, 2.45) is 0 Å². The van der Waals surface area contributed by atoms with Gasteiger partial charge in [-0.05, 0) is 63.2 Å². The highest BCUT2D eigenvalue weighted by Crippen LogP contribution is 2.34. The molecule has 52 heavy (non-hydrogen) atoms. The molecule has 4 aromatic carbocycles. The van der Waals surface area contributed by atoms with E-state index in [0.29, 0.717) is 11.5 Å². The monoisotopic (exact) mass is 698 g/mol. The molecular weight excluding hydrogens is 656 g/mol. The highest BCUT2D eigenvalue weighted by atomic mass is 16.6. The van der Waals surface area contributed by atoms with Gasteiger partial charge in [-0.3, -0.25) is 19.8 Å². The average molecular weight is 699 g/mol. The Bertz CT molecular complexity index is 1930. The molecule has 2 aromatic heterocycles. The largest absolute Gasteiger partial charge is 0.485 e. The van der Waals surface area contributed by atoms with Gasteiger partial charge < -0.3 is 18.9 Å². The number of carbonyl (C=O) groups is 2. The van der Waals surface area contributed by atoms with Crippen molar-refractivity contribution in [2.75, 3.05) is 28.2 Å². The summed E-state index contributed by atoms with van der Waals surface area (Å²) in [6.07, 6.45) is 4.44. The van der Waals surface area contributed by atoms with Gasteiger partial charge >= 0.3 is 11.9 Å². The van der Waals surface area contributed by atoms with Crippen LogP contribution in [0.15, 0.2) is 134 Å². The summed E-state index contributed by atoms with van der Waals surface area (Å²) in [6, 6.07) is 35.1. The van der Waals surface area contributed by atoms with Crippen LogP contribution in [0, 0.1) is 0 Å². The van der Waals surface area contributed by atoms with E-state index in [-0.39, 0.29) is 12.8 Å². The Labute approximate surface area is 303 Å². The molecule has 0 bridgehead atoms. The van der Waals surface area contributed by atoms with Gasteiger partial charge in [0, 0.05) is 59.5 Å². The molecule has 0 saturated heterocycles. The lowest BCUT2D eigenvalue weighted by molar-refractivity contribution is -0.185. The Hall–Kier alpha value is -5.84. The SMILES string of the molecule is CN(C)C(CC(Oc1cccc2ccccc12)c1cccnc1)OC(=O)C(=O)OC(CC(Oc1cccc2ccccc12)c1cccnc1)N(C)C. The van der Waals surface area contributed by atoms with Gasteiger partial charge in [0.05, 0.1) is 0 Å². The molecule has 10 heteroatoms. The number of rotatable bonds is 14. The zero-order chi connectivity index (χ0) is 36.5. The van der Waals surface area contributed by atoms with Crippen LogP contribution in [0.25, 0.3) is 21.5 Å². The number of nitrogens with zero attached hydrogens (tertiary/aromatic N) is 4. The van der Waals surface area contributed by atoms with E-state index >= 15 is 0 Å². The first-order valence-electron chi connectivity index (χ1n) is 17.1. The first-order valence-corrected chi connectivity index (χ1v) is 17.1. The van der Waals surface area contributed by atoms with E-state index in [4.69, 9.17) is 18.9 Å². The van der Waals surface area contributed by atoms with E-state index in [1.54, 1.807) is 62.8 Å². The number of fused-ring (bicyclic) bond motifs is 2. The molecule has 0 amide bonds. The van der Waals surface area contributed by atoms with Gasteiger partial charge in [-0.2, -0.15) is 0 Å². The summed E-state index contributed by atoms with van der Waals surface area (Å²) in [6.45, 7) is 0. The maximum Gasteiger partial charge on any atom is 0.419 e. The second kappa shape index (κ2) is 16.9. The van der Waals surface area contributed by atoms with Crippen molar-refractivity contribution >= 4 is 33.5 Å². The van der Waals surface area contributed by atoms with Gasteiger partial charge in [-0.15, -0.1) is 0 Å². The number of benzene rings is 4. The summed E-state index contributed by atoms with van der Waals surface area (Å²) in [5.74, 6) is -0.877. The van der Waals surface area contributed by atoms with Crippen LogP contribution in [0.2, 0.25) is 0 Å². The van der Waals surface area contributed by atoms with Crippen molar-refractivity contribution < 1.29 is 28.5 Å². The van der Waals surface area contributed by atoms with E-state index in [2.05, 4.69) is 9.97 Å². The van der Waals surface area contributed by atoms with Crippen molar-refractivity contribution in [3.8, 4) is 11.5 Å². The molecule has 10 nitrogen and oxygen atoms in total. The number of esters is 2. The lowest BCUT2D eigenvalue weighted by atomic mass is 10.1. The first-order chi connectivity index (χ1) is 25.3. The zero-order valence-corrected chi connectivity index (χ0v) is 29.7. The van der Waals surface area contributed by atoms with Crippen molar-refractivity contribution in [3.63, 3.8) is 0 Å². The third-order valence-electron chi connectivity index (χ3n) is 8.79. The lowest BCUT2D eigenvalue weighted by Gasteiger charge is -2.30. The fraction of sp³-hybridized carbons (Fsp3) is 0.238. The van der Waals surface area contributed by atoms with Crippen LogP contribution in [0.5, 0.6) is 11.5 Å². The molecule has 0 radical (unpaired) electrons. The van der Waals surface area contributed by atoms with Crippen molar-refractivity contribution in [2.45, 2.75) is 37.5 Å². The smallest absolute Gasteiger partial charge is 0.419 e. The number of ether oxygens (including phenoxy) is 4. The highest BCUT2D eigenvalue weighted by molar-refractivity contribution is 6.29. The van der Waals surface area contributed by atoms with Gasteiger partial charge in [0.1, 0.15) is 23.7 Å². The van der Waals surface area contributed by atoms with Gasteiger partial charge in [0.2, 0.25) is 0 Å². The third kappa shape index (κ3) is 8.90. The molecule has 4 unspecified atom stereocenters. The molecule has 0 spiro atoms. The summed E-state index contributed by atoms with van der Waals surface area (Å²) in [4.78, 5) is 38.9. The van der Waals surface area contributed by atoms with Crippen molar-refractivity contribution in [3.05, 3.63) is 145 Å². The Kier molecular flexibility index (Phi) is 11.7. The number of hydrogen-bond donors (Lipinski definition) is 0. The second-order valence-electron chi connectivity index (χ2n) is 12.9. The molecule has 4 atom stereocenters.